The summed E-state index contributed by atoms with van der Waals surface area (Å²) < 4.78 is 6.61. The van der Waals surface area contributed by atoms with E-state index < -0.39 is 12.1 Å². The number of ketones is 1. The molecule has 0 unspecified atom stereocenters. The SMILES string of the molecule is CCc1ccc(C(=O)[C@H](C)OC(=O)c2nn(CC)c(=O)c3ccccc23)cc1. The summed E-state index contributed by atoms with van der Waals surface area (Å²) in [5.74, 6) is -1.02. The van der Waals surface area contributed by atoms with Crippen LogP contribution in [0, 0.1) is 0 Å². The van der Waals surface area contributed by atoms with Gasteiger partial charge in [0.05, 0.1) is 5.39 Å². The maximum Gasteiger partial charge on any atom is 0.360 e. The Kier molecular flexibility index (Phi) is 5.68. The highest BCUT2D eigenvalue weighted by molar-refractivity contribution is 6.05. The number of fused-ring (bicyclic) bond motifs is 1. The number of esters is 1. The zero-order valence-electron chi connectivity index (χ0n) is 16.1. The van der Waals surface area contributed by atoms with Crippen molar-refractivity contribution in [3.63, 3.8) is 0 Å². The topological polar surface area (TPSA) is 78.3 Å². The van der Waals surface area contributed by atoms with Crippen LogP contribution in [0.1, 0.15) is 47.2 Å². The summed E-state index contributed by atoms with van der Waals surface area (Å²) in [5.41, 5.74) is 1.36. The van der Waals surface area contributed by atoms with Gasteiger partial charge in [0, 0.05) is 17.5 Å². The molecule has 0 fully saturated rings. The molecule has 2 aromatic carbocycles. The molecule has 1 heterocycles. The predicted molar refractivity (Wildman–Crippen MR) is 107 cm³/mol. The average Bonchev–Trinajstić information content (AvgIpc) is 2.73. The van der Waals surface area contributed by atoms with Gasteiger partial charge >= 0.3 is 5.97 Å². The second-order valence-corrected chi connectivity index (χ2v) is 6.48. The molecule has 1 atom stereocenters. The Bertz CT molecular complexity index is 1080. The maximum atomic E-state index is 12.7. The van der Waals surface area contributed by atoms with E-state index in [4.69, 9.17) is 4.74 Å². The molecule has 28 heavy (non-hydrogen) atoms. The summed E-state index contributed by atoms with van der Waals surface area (Å²) in [6, 6.07) is 14.0. The lowest BCUT2D eigenvalue weighted by Crippen LogP contribution is -2.29. The molecule has 0 amide bonds. The Hall–Kier alpha value is -3.28. The molecule has 1 aromatic heterocycles. The zero-order chi connectivity index (χ0) is 20.3. The van der Waals surface area contributed by atoms with Gasteiger partial charge in [-0.05, 0) is 31.9 Å². The molecule has 6 heteroatoms. The lowest BCUT2D eigenvalue weighted by atomic mass is 10.0. The van der Waals surface area contributed by atoms with Gasteiger partial charge in [0.1, 0.15) is 0 Å². The molecular formula is C22H22N2O4. The molecule has 0 spiro atoms. The van der Waals surface area contributed by atoms with E-state index in [0.717, 1.165) is 12.0 Å². The van der Waals surface area contributed by atoms with Crippen LogP contribution in [0.4, 0.5) is 0 Å². The number of hydrogen-bond donors (Lipinski definition) is 0. The molecule has 0 saturated carbocycles. The van der Waals surface area contributed by atoms with Crippen molar-refractivity contribution in [2.45, 2.75) is 39.8 Å². The Morgan fingerprint density at radius 2 is 1.68 bits per heavy atom. The highest BCUT2D eigenvalue weighted by atomic mass is 16.5. The molecule has 0 N–H and O–H groups in total. The van der Waals surface area contributed by atoms with E-state index in [2.05, 4.69) is 5.10 Å². The van der Waals surface area contributed by atoms with Crippen LogP contribution in [0.25, 0.3) is 10.8 Å². The monoisotopic (exact) mass is 378 g/mol. The largest absolute Gasteiger partial charge is 0.449 e. The summed E-state index contributed by atoms with van der Waals surface area (Å²) >= 11 is 0. The van der Waals surface area contributed by atoms with Crippen LogP contribution < -0.4 is 5.56 Å². The minimum Gasteiger partial charge on any atom is -0.449 e. The molecule has 0 radical (unpaired) electrons. The molecule has 0 aliphatic heterocycles. The van der Waals surface area contributed by atoms with Gasteiger partial charge in [-0.3, -0.25) is 9.59 Å². The van der Waals surface area contributed by atoms with Gasteiger partial charge in [0.25, 0.3) is 5.56 Å². The molecule has 144 valence electrons. The third kappa shape index (κ3) is 3.71. The summed E-state index contributed by atoms with van der Waals surface area (Å²) in [6.07, 6.45) is -0.0900. The van der Waals surface area contributed by atoms with E-state index in [1.165, 1.54) is 11.6 Å². The fraction of sp³-hybridized carbons (Fsp3) is 0.273. The molecule has 3 aromatic rings. The first-order valence-corrected chi connectivity index (χ1v) is 9.30. The molecular weight excluding hydrogens is 356 g/mol. The van der Waals surface area contributed by atoms with Crippen molar-refractivity contribution < 1.29 is 14.3 Å². The third-order valence-corrected chi connectivity index (χ3v) is 4.66. The number of carbonyl (C=O) groups excluding carboxylic acids is 2. The van der Waals surface area contributed by atoms with Crippen molar-refractivity contribution in [3.05, 3.63) is 75.7 Å². The van der Waals surface area contributed by atoms with Gasteiger partial charge in [-0.15, -0.1) is 0 Å². The van der Waals surface area contributed by atoms with Gasteiger partial charge in [-0.2, -0.15) is 5.10 Å². The molecule has 0 bridgehead atoms. The molecule has 0 saturated heterocycles. The minimum atomic E-state index is -0.970. The van der Waals surface area contributed by atoms with Crippen molar-refractivity contribution in [2.75, 3.05) is 0 Å². The van der Waals surface area contributed by atoms with Crippen molar-refractivity contribution in [3.8, 4) is 0 Å². The summed E-state index contributed by atoms with van der Waals surface area (Å²) in [6.45, 7) is 5.66. The van der Waals surface area contributed by atoms with E-state index in [1.54, 1.807) is 43.3 Å². The first kappa shape index (κ1) is 19.5. The number of hydrogen-bond acceptors (Lipinski definition) is 5. The number of nitrogens with zero attached hydrogens (tertiary/aromatic N) is 2. The van der Waals surface area contributed by atoms with Crippen molar-refractivity contribution in [1.82, 2.24) is 9.78 Å². The van der Waals surface area contributed by atoms with Gasteiger partial charge in [0.2, 0.25) is 5.78 Å². The second kappa shape index (κ2) is 8.17. The van der Waals surface area contributed by atoms with Crippen LogP contribution in [-0.2, 0) is 17.7 Å². The first-order valence-electron chi connectivity index (χ1n) is 9.30. The van der Waals surface area contributed by atoms with E-state index in [-0.39, 0.29) is 17.0 Å². The Balaban J connectivity index is 1.89. The van der Waals surface area contributed by atoms with Gasteiger partial charge in [-0.1, -0.05) is 49.4 Å². The van der Waals surface area contributed by atoms with Crippen molar-refractivity contribution in [2.24, 2.45) is 0 Å². The quantitative estimate of drug-likeness (QED) is 0.485. The fourth-order valence-corrected chi connectivity index (χ4v) is 3.01. The standard InChI is InChI=1S/C22H22N2O4/c1-4-15-10-12-16(13-11-15)20(25)14(3)28-22(27)19-17-8-6-7-9-18(17)21(26)24(5-2)23-19/h6-14H,4-5H2,1-3H3/t14-/m0/s1. The van der Waals surface area contributed by atoms with Crippen LogP contribution in [0.2, 0.25) is 0 Å². The van der Waals surface area contributed by atoms with Crippen LogP contribution in [0.3, 0.4) is 0 Å². The molecule has 0 aliphatic rings. The number of ether oxygens (including phenoxy) is 1. The van der Waals surface area contributed by atoms with Crippen LogP contribution >= 0.6 is 0 Å². The van der Waals surface area contributed by atoms with Crippen molar-refractivity contribution in [1.29, 1.82) is 0 Å². The van der Waals surface area contributed by atoms with Crippen LogP contribution in [0.15, 0.2) is 53.3 Å². The molecule has 6 nitrogen and oxygen atoms in total. The van der Waals surface area contributed by atoms with Crippen LogP contribution in [0.5, 0.6) is 0 Å². The van der Waals surface area contributed by atoms with E-state index >= 15 is 0 Å². The average molecular weight is 378 g/mol. The number of Topliss-reactive ketones (excluding diaryl/α,β-unsaturated/α-hetero) is 1. The van der Waals surface area contributed by atoms with Gasteiger partial charge in [-0.25, -0.2) is 9.48 Å². The lowest BCUT2D eigenvalue weighted by molar-refractivity contribution is 0.0313. The summed E-state index contributed by atoms with van der Waals surface area (Å²) in [5, 5.41) is 4.95. The van der Waals surface area contributed by atoms with Crippen LogP contribution in [-0.4, -0.2) is 27.6 Å². The number of rotatable bonds is 6. The van der Waals surface area contributed by atoms with E-state index in [1.807, 2.05) is 19.1 Å². The lowest BCUT2D eigenvalue weighted by Gasteiger charge is -2.14. The summed E-state index contributed by atoms with van der Waals surface area (Å²) in [4.78, 5) is 37.7. The molecule has 3 rings (SSSR count). The predicted octanol–water partition coefficient (Wildman–Crippen LogP) is 3.41. The molecule has 0 aliphatic carbocycles. The zero-order valence-corrected chi connectivity index (χ0v) is 16.1. The highest BCUT2D eigenvalue weighted by Crippen LogP contribution is 2.16. The maximum absolute atomic E-state index is 12.7. The number of carbonyl (C=O) groups is 2. The first-order chi connectivity index (χ1) is 13.5. The number of aryl methyl sites for hydroxylation is 2. The van der Waals surface area contributed by atoms with Crippen molar-refractivity contribution >= 4 is 22.5 Å². The number of benzene rings is 2. The fourth-order valence-electron chi connectivity index (χ4n) is 3.01. The minimum absolute atomic E-state index is 0.0260. The van der Waals surface area contributed by atoms with Gasteiger partial charge < -0.3 is 4.74 Å². The Morgan fingerprint density at radius 3 is 2.29 bits per heavy atom. The Labute approximate surface area is 162 Å². The third-order valence-electron chi connectivity index (χ3n) is 4.66. The number of aromatic nitrogens is 2. The smallest absolute Gasteiger partial charge is 0.360 e. The van der Waals surface area contributed by atoms with E-state index in [9.17, 15) is 14.4 Å². The van der Waals surface area contributed by atoms with E-state index in [0.29, 0.717) is 22.9 Å². The second-order valence-electron chi connectivity index (χ2n) is 6.48. The normalized spacial score (nSPS) is 12.0. The summed E-state index contributed by atoms with van der Waals surface area (Å²) in [7, 11) is 0. The van der Waals surface area contributed by atoms with Gasteiger partial charge in [0.15, 0.2) is 11.8 Å². The Morgan fingerprint density at radius 1 is 1.04 bits per heavy atom. The highest BCUT2D eigenvalue weighted by Gasteiger charge is 2.24.